The summed E-state index contributed by atoms with van der Waals surface area (Å²) >= 11 is 0. The molecule has 2 N–H and O–H groups in total. The van der Waals surface area contributed by atoms with Gasteiger partial charge in [-0.1, -0.05) is 0 Å². The molecule has 0 unspecified atom stereocenters. The van der Waals surface area contributed by atoms with E-state index < -0.39 is 5.63 Å². The average Bonchev–Trinajstić information content (AvgIpc) is 2.23. The van der Waals surface area contributed by atoms with Crippen LogP contribution in [0.3, 0.4) is 0 Å². The third-order valence-corrected chi connectivity index (χ3v) is 2.11. The second-order valence-corrected chi connectivity index (χ2v) is 3.18. The van der Waals surface area contributed by atoms with Crippen molar-refractivity contribution in [3.05, 3.63) is 28.6 Å². The van der Waals surface area contributed by atoms with E-state index in [0.29, 0.717) is 5.39 Å². The second-order valence-electron chi connectivity index (χ2n) is 3.18. The first kappa shape index (κ1) is 10.4. The summed E-state index contributed by atoms with van der Waals surface area (Å²) in [6.07, 6.45) is 0. The van der Waals surface area contributed by atoms with Crippen molar-refractivity contribution >= 4 is 11.0 Å². The quantitative estimate of drug-likeness (QED) is 0.754. The molecule has 0 saturated heterocycles. The molecule has 0 aliphatic heterocycles. The molecule has 1 heterocycles. The molecule has 16 heavy (non-hydrogen) atoms. The minimum absolute atomic E-state index is 0.0424. The minimum atomic E-state index is -0.766. The van der Waals surface area contributed by atoms with E-state index in [1.54, 1.807) is 6.92 Å². The van der Waals surface area contributed by atoms with Crippen molar-refractivity contribution in [3.63, 3.8) is 0 Å². The molecule has 0 aliphatic carbocycles. The van der Waals surface area contributed by atoms with Gasteiger partial charge in [0.2, 0.25) is 5.75 Å². The highest BCUT2D eigenvalue weighted by Gasteiger charge is 2.14. The zero-order chi connectivity index (χ0) is 11.7. The van der Waals surface area contributed by atoms with Crippen molar-refractivity contribution in [3.8, 4) is 17.2 Å². The van der Waals surface area contributed by atoms with E-state index in [1.807, 2.05) is 0 Å². The maximum absolute atomic E-state index is 11.4. The summed E-state index contributed by atoms with van der Waals surface area (Å²) in [5, 5.41) is 19.3. The lowest BCUT2D eigenvalue weighted by Gasteiger charge is -2.06. The first-order valence-corrected chi connectivity index (χ1v) is 4.75. The number of aromatic hydroxyl groups is 2. The summed E-state index contributed by atoms with van der Waals surface area (Å²) < 4.78 is 9.89. The van der Waals surface area contributed by atoms with Crippen LogP contribution in [0.2, 0.25) is 0 Å². The number of hydrogen-bond acceptors (Lipinski definition) is 5. The number of rotatable bonds is 2. The Hall–Kier alpha value is -2.17. The Balaban J connectivity index is 2.78. The van der Waals surface area contributed by atoms with Crippen molar-refractivity contribution in [2.75, 3.05) is 6.61 Å². The Morgan fingerprint density at radius 2 is 2.12 bits per heavy atom. The molecule has 0 amide bonds. The normalized spacial score (nSPS) is 10.6. The standard InChI is InChI=1S/C11H10O5/c1-2-15-10-9(13)7-4-3-6(12)5-8(7)16-11(10)14/h3-5,12-13H,2H2,1H3. The number of phenolic OH excluding ortho intramolecular Hbond substituents is 1. The molecule has 5 nitrogen and oxygen atoms in total. The highest BCUT2D eigenvalue weighted by atomic mass is 16.5. The summed E-state index contributed by atoms with van der Waals surface area (Å²) in [5.41, 5.74) is -0.650. The number of phenols is 1. The van der Waals surface area contributed by atoms with Crippen LogP contribution < -0.4 is 10.4 Å². The van der Waals surface area contributed by atoms with Gasteiger partial charge in [0.05, 0.1) is 12.0 Å². The number of hydrogen-bond donors (Lipinski definition) is 2. The van der Waals surface area contributed by atoms with Crippen LogP contribution in [0.4, 0.5) is 0 Å². The van der Waals surface area contributed by atoms with Crippen LogP contribution in [0, 0.1) is 0 Å². The van der Waals surface area contributed by atoms with Crippen LogP contribution in [0.5, 0.6) is 17.2 Å². The van der Waals surface area contributed by atoms with E-state index in [1.165, 1.54) is 18.2 Å². The molecule has 1 aromatic carbocycles. The van der Waals surface area contributed by atoms with Crippen LogP contribution in [-0.4, -0.2) is 16.8 Å². The number of ether oxygens (including phenoxy) is 1. The second kappa shape index (κ2) is 3.77. The van der Waals surface area contributed by atoms with Gasteiger partial charge in [0.1, 0.15) is 11.3 Å². The summed E-state index contributed by atoms with van der Waals surface area (Å²) in [5.74, 6) is -0.520. The molecule has 0 fully saturated rings. The van der Waals surface area contributed by atoms with Crippen LogP contribution in [0.15, 0.2) is 27.4 Å². The van der Waals surface area contributed by atoms with Gasteiger partial charge in [-0.25, -0.2) is 4.79 Å². The Labute approximate surface area is 90.5 Å². The molecule has 84 valence electrons. The Morgan fingerprint density at radius 1 is 1.38 bits per heavy atom. The van der Waals surface area contributed by atoms with Crippen molar-refractivity contribution in [1.82, 2.24) is 0 Å². The van der Waals surface area contributed by atoms with Crippen molar-refractivity contribution in [1.29, 1.82) is 0 Å². The van der Waals surface area contributed by atoms with E-state index in [9.17, 15) is 15.0 Å². The van der Waals surface area contributed by atoms with E-state index in [0.717, 1.165) is 0 Å². The first-order chi connectivity index (χ1) is 7.63. The molecule has 0 radical (unpaired) electrons. The fraction of sp³-hybridized carbons (Fsp3) is 0.182. The Kier molecular flexibility index (Phi) is 2.44. The number of fused-ring (bicyclic) bond motifs is 1. The molecule has 2 aromatic rings. The molecule has 5 heteroatoms. The zero-order valence-corrected chi connectivity index (χ0v) is 8.56. The predicted octanol–water partition coefficient (Wildman–Crippen LogP) is 1.60. The van der Waals surface area contributed by atoms with Crippen molar-refractivity contribution in [2.24, 2.45) is 0 Å². The van der Waals surface area contributed by atoms with E-state index in [-0.39, 0.29) is 29.4 Å². The SMILES string of the molecule is CCOc1c(O)c2ccc(O)cc2oc1=O. The zero-order valence-electron chi connectivity index (χ0n) is 8.56. The maximum atomic E-state index is 11.4. The summed E-state index contributed by atoms with van der Waals surface area (Å²) in [6.45, 7) is 1.95. The van der Waals surface area contributed by atoms with E-state index in [4.69, 9.17) is 9.15 Å². The lowest BCUT2D eigenvalue weighted by Crippen LogP contribution is -2.06. The smallest absolute Gasteiger partial charge is 0.383 e. The molecule has 0 aliphatic rings. The van der Waals surface area contributed by atoms with Crippen LogP contribution in [-0.2, 0) is 0 Å². The highest BCUT2D eigenvalue weighted by molar-refractivity contribution is 5.86. The van der Waals surface area contributed by atoms with Gasteiger partial charge in [-0.3, -0.25) is 0 Å². The van der Waals surface area contributed by atoms with Crippen LogP contribution in [0.1, 0.15) is 6.92 Å². The van der Waals surface area contributed by atoms with Gasteiger partial charge in [-0.15, -0.1) is 0 Å². The largest absolute Gasteiger partial charge is 0.508 e. The molecule has 0 saturated carbocycles. The predicted molar refractivity (Wildman–Crippen MR) is 57.0 cm³/mol. The molecule has 0 atom stereocenters. The highest BCUT2D eigenvalue weighted by Crippen LogP contribution is 2.32. The van der Waals surface area contributed by atoms with Crippen molar-refractivity contribution < 1.29 is 19.4 Å². The lowest BCUT2D eigenvalue weighted by atomic mass is 10.2. The van der Waals surface area contributed by atoms with E-state index in [2.05, 4.69) is 0 Å². The molecule has 0 spiro atoms. The van der Waals surface area contributed by atoms with Gasteiger partial charge in [-0.05, 0) is 19.1 Å². The lowest BCUT2D eigenvalue weighted by molar-refractivity contribution is 0.301. The summed E-state index contributed by atoms with van der Waals surface area (Å²) in [6, 6.07) is 4.09. The van der Waals surface area contributed by atoms with Gasteiger partial charge < -0.3 is 19.4 Å². The van der Waals surface area contributed by atoms with Gasteiger partial charge in [0.15, 0.2) is 5.75 Å². The molecule has 1 aromatic heterocycles. The van der Waals surface area contributed by atoms with Gasteiger partial charge >= 0.3 is 5.63 Å². The minimum Gasteiger partial charge on any atom is -0.508 e. The fourth-order valence-electron chi connectivity index (χ4n) is 1.43. The third-order valence-electron chi connectivity index (χ3n) is 2.11. The average molecular weight is 222 g/mol. The molecular formula is C11H10O5. The topological polar surface area (TPSA) is 79.9 Å². The Morgan fingerprint density at radius 3 is 2.81 bits per heavy atom. The van der Waals surface area contributed by atoms with Gasteiger partial charge in [0, 0.05) is 6.07 Å². The van der Waals surface area contributed by atoms with Gasteiger partial charge in [-0.2, -0.15) is 0 Å². The van der Waals surface area contributed by atoms with Gasteiger partial charge in [0.25, 0.3) is 0 Å². The third kappa shape index (κ3) is 1.56. The first-order valence-electron chi connectivity index (χ1n) is 4.75. The number of benzene rings is 1. The van der Waals surface area contributed by atoms with Crippen molar-refractivity contribution in [2.45, 2.75) is 6.92 Å². The molecular weight excluding hydrogens is 212 g/mol. The molecule has 2 rings (SSSR count). The van der Waals surface area contributed by atoms with Crippen LogP contribution >= 0.6 is 0 Å². The maximum Gasteiger partial charge on any atom is 0.383 e. The van der Waals surface area contributed by atoms with Crippen LogP contribution in [0.25, 0.3) is 11.0 Å². The fourth-order valence-corrected chi connectivity index (χ4v) is 1.43. The summed E-state index contributed by atoms with van der Waals surface area (Å²) in [7, 11) is 0. The molecule has 0 bridgehead atoms. The van der Waals surface area contributed by atoms with E-state index >= 15 is 0 Å². The summed E-state index contributed by atoms with van der Waals surface area (Å²) in [4.78, 5) is 11.4. The monoisotopic (exact) mass is 222 g/mol. The Bertz CT molecular complexity index is 585.